The quantitative estimate of drug-likeness (QED) is 0.631. The molecule has 0 saturated carbocycles. The highest BCUT2D eigenvalue weighted by Crippen LogP contribution is 2.26. The van der Waals surface area contributed by atoms with Gasteiger partial charge in [0.25, 0.3) is 0 Å². The first-order chi connectivity index (χ1) is 15.8. The van der Waals surface area contributed by atoms with E-state index in [1.165, 1.54) is 5.56 Å². The fourth-order valence-corrected chi connectivity index (χ4v) is 3.58. The molecule has 10 nitrogen and oxygen atoms in total. The third-order valence-corrected chi connectivity index (χ3v) is 5.21. The Morgan fingerprint density at radius 3 is 2.55 bits per heavy atom. The zero-order chi connectivity index (χ0) is 23.4. The standard InChI is InChI=1S/C23H30N8O2/c1-5-17-12-18(27-21-26-16-31(28-21)20-15-24-6-7-25-20)14-19(13-17)29-8-10-30(11-9-29)22(32)33-23(2,3)4/h6-7,12-16H,5,8-11H2,1-4H3,(H,27,28). The van der Waals surface area contributed by atoms with Gasteiger partial charge in [0.15, 0.2) is 5.82 Å². The summed E-state index contributed by atoms with van der Waals surface area (Å²) in [6.45, 7) is 10.5. The van der Waals surface area contributed by atoms with Crippen molar-refractivity contribution in [2.75, 3.05) is 36.4 Å². The highest BCUT2D eigenvalue weighted by molar-refractivity contribution is 5.69. The van der Waals surface area contributed by atoms with Crippen LogP contribution in [0.4, 0.5) is 22.1 Å². The second-order valence-electron chi connectivity index (χ2n) is 8.90. The molecular weight excluding hydrogens is 420 g/mol. The van der Waals surface area contributed by atoms with Crippen LogP contribution >= 0.6 is 0 Å². The number of nitrogens with one attached hydrogen (secondary N) is 1. The molecule has 3 heterocycles. The fraction of sp³-hybridized carbons (Fsp3) is 0.435. The molecule has 1 aliphatic rings. The molecule has 1 amide bonds. The zero-order valence-corrected chi connectivity index (χ0v) is 19.5. The van der Waals surface area contributed by atoms with Gasteiger partial charge in [0, 0.05) is 49.9 Å². The van der Waals surface area contributed by atoms with Crippen LogP contribution in [0.15, 0.2) is 43.1 Å². The number of hydrogen-bond acceptors (Lipinski definition) is 8. The lowest BCUT2D eigenvalue weighted by Gasteiger charge is -2.37. The Bertz CT molecular complexity index is 1090. The van der Waals surface area contributed by atoms with Crippen LogP contribution in [-0.4, -0.2) is 67.5 Å². The molecule has 1 aromatic carbocycles. The molecule has 1 saturated heterocycles. The molecule has 4 rings (SSSR count). The van der Waals surface area contributed by atoms with Gasteiger partial charge in [0.1, 0.15) is 11.9 Å². The normalized spacial score (nSPS) is 14.3. The minimum absolute atomic E-state index is 0.253. The average Bonchev–Trinajstić information content (AvgIpc) is 3.27. The number of carbonyl (C=O) groups excluding carboxylic acids is 1. The predicted molar refractivity (Wildman–Crippen MR) is 126 cm³/mol. The van der Waals surface area contributed by atoms with Gasteiger partial charge in [-0.15, -0.1) is 5.10 Å². The molecule has 0 unspecified atom stereocenters. The van der Waals surface area contributed by atoms with Gasteiger partial charge in [-0.1, -0.05) is 6.92 Å². The SMILES string of the molecule is CCc1cc(Nc2ncn(-c3cnccn3)n2)cc(N2CCN(C(=O)OC(C)(C)C)CC2)c1. The number of piperazine rings is 1. The molecule has 1 N–H and O–H groups in total. The van der Waals surface area contributed by atoms with Crippen LogP contribution in [0, 0.1) is 0 Å². The second-order valence-corrected chi connectivity index (χ2v) is 8.90. The monoisotopic (exact) mass is 450 g/mol. The van der Waals surface area contributed by atoms with E-state index in [-0.39, 0.29) is 6.09 Å². The van der Waals surface area contributed by atoms with E-state index in [4.69, 9.17) is 4.74 Å². The predicted octanol–water partition coefficient (Wildman–Crippen LogP) is 3.42. The third-order valence-electron chi connectivity index (χ3n) is 5.21. The number of ether oxygens (including phenoxy) is 1. The number of benzene rings is 1. The van der Waals surface area contributed by atoms with Gasteiger partial charge < -0.3 is 19.9 Å². The molecule has 10 heteroatoms. The minimum Gasteiger partial charge on any atom is -0.444 e. The molecule has 1 aliphatic heterocycles. The third kappa shape index (κ3) is 5.76. The number of aromatic nitrogens is 5. The second kappa shape index (κ2) is 9.43. The Morgan fingerprint density at radius 2 is 1.88 bits per heavy atom. The number of carbonyl (C=O) groups is 1. The molecule has 0 radical (unpaired) electrons. The van der Waals surface area contributed by atoms with Crippen molar-refractivity contribution in [2.45, 2.75) is 39.7 Å². The Balaban J connectivity index is 1.45. The summed E-state index contributed by atoms with van der Waals surface area (Å²) in [5.41, 5.74) is 2.74. The molecule has 0 bridgehead atoms. The Labute approximate surface area is 193 Å². The molecule has 2 aromatic heterocycles. The lowest BCUT2D eigenvalue weighted by Crippen LogP contribution is -2.50. The van der Waals surface area contributed by atoms with Gasteiger partial charge in [0.2, 0.25) is 5.95 Å². The van der Waals surface area contributed by atoms with E-state index in [2.05, 4.69) is 55.4 Å². The fourth-order valence-electron chi connectivity index (χ4n) is 3.58. The van der Waals surface area contributed by atoms with Gasteiger partial charge in [-0.2, -0.15) is 9.67 Å². The van der Waals surface area contributed by atoms with E-state index >= 15 is 0 Å². The van der Waals surface area contributed by atoms with E-state index < -0.39 is 5.60 Å². The zero-order valence-electron chi connectivity index (χ0n) is 19.5. The number of hydrogen-bond donors (Lipinski definition) is 1. The summed E-state index contributed by atoms with van der Waals surface area (Å²) < 4.78 is 7.09. The van der Waals surface area contributed by atoms with Crippen molar-refractivity contribution in [3.63, 3.8) is 0 Å². The van der Waals surface area contributed by atoms with Crippen LogP contribution in [0.5, 0.6) is 0 Å². The van der Waals surface area contributed by atoms with Gasteiger partial charge in [-0.3, -0.25) is 4.98 Å². The summed E-state index contributed by atoms with van der Waals surface area (Å²) in [7, 11) is 0. The molecule has 33 heavy (non-hydrogen) atoms. The first-order valence-corrected chi connectivity index (χ1v) is 11.1. The van der Waals surface area contributed by atoms with Crippen LogP contribution in [0.25, 0.3) is 5.82 Å². The molecule has 3 aromatic rings. The maximum atomic E-state index is 12.4. The Morgan fingerprint density at radius 1 is 1.09 bits per heavy atom. The van der Waals surface area contributed by atoms with Crippen LogP contribution in [0.1, 0.15) is 33.3 Å². The number of rotatable bonds is 5. The number of anilines is 3. The maximum absolute atomic E-state index is 12.4. The van der Waals surface area contributed by atoms with E-state index in [1.807, 2.05) is 20.8 Å². The van der Waals surface area contributed by atoms with E-state index in [9.17, 15) is 4.79 Å². The minimum atomic E-state index is -0.488. The van der Waals surface area contributed by atoms with Gasteiger partial charge >= 0.3 is 6.09 Å². The maximum Gasteiger partial charge on any atom is 0.410 e. The molecular formula is C23H30N8O2. The summed E-state index contributed by atoms with van der Waals surface area (Å²) in [6.07, 6.45) is 7.12. The molecule has 1 fully saturated rings. The summed E-state index contributed by atoms with van der Waals surface area (Å²) in [4.78, 5) is 29.1. The van der Waals surface area contributed by atoms with Crippen molar-refractivity contribution in [3.8, 4) is 5.82 Å². The van der Waals surface area contributed by atoms with Gasteiger partial charge in [0.05, 0.1) is 6.20 Å². The van der Waals surface area contributed by atoms with Crippen molar-refractivity contribution in [2.24, 2.45) is 0 Å². The van der Waals surface area contributed by atoms with E-state index in [0.29, 0.717) is 24.9 Å². The van der Waals surface area contributed by atoms with Gasteiger partial charge in [-0.25, -0.2) is 9.78 Å². The number of nitrogens with zero attached hydrogens (tertiary/aromatic N) is 7. The van der Waals surface area contributed by atoms with Crippen LogP contribution in [-0.2, 0) is 11.2 Å². The summed E-state index contributed by atoms with van der Waals surface area (Å²) in [6, 6.07) is 6.38. The van der Waals surface area contributed by atoms with E-state index in [0.717, 1.165) is 30.9 Å². The molecule has 0 spiro atoms. The molecule has 0 atom stereocenters. The smallest absolute Gasteiger partial charge is 0.410 e. The van der Waals surface area contributed by atoms with Crippen LogP contribution in [0.2, 0.25) is 0 Å². The van der Waals surface area contributed by atoms with Crippen molar-refractivity contribution in [1.82, 2.24) is 29.6 Å². The lowest BCUT2D eigenvalue weighted by molar-refractivity contribution is 0.0240. The van der Waals surface area contributed by atoms with Crippen LogP contribution < -0.4 is 10.2 Å². The highest BCUT2D eigenvalue weighted by atomic mass is 16.6. The van der Waals surface area contributed by atoms with Crippen molar-refractivity contribution in [3.05, 3.63) is 48.7 Å². The summed E-state index contributed by atoms with van der Waals surface area (Å²) in [5, 5.41) is 7.75. The Kier molecular flexibility index (Phi) is 6.43. The Hall–Kier alpha value is -3.69. The lowest BCUT2D eigenvalue weighted by atomic mass is 10.1. The van der Waals surface area contributed by atoms with Gasteiger partial charge in [-0.05, 0) is 51.0 Å². The molecule has 0 aliphatic carbocycles. The van der Waals surface area contributed by atoms with E-state index in [1.54, 1.807) is 34.5 Å². The first-order valence-electron chi connectivity index (χ1n) is 11.1. The summed E-state index contributed by atoms with van der Waals surface area (Å²) >= 11 is 0. The highest BCUT2D eigenvalue weighted by Gasteiger charge is 2.26. The van der Waals surface area contributed by atoms with Crippen molar-refractivity contribution in [1.29, 1.82) is 0 Å². The number of aryl methyl sites for hydroxylation is 1. The summed E-state index contributed by atoms with van der Waals surface area (Å²) in [5.74, 6) is 1.08. The topological polar surface area (TPSA) is 101 Å². The number of amides is 1. The average molecular weight is 451 g/mol. The van der Waals surface area contributed by atoms with Crippen molar-refractivity contribution < 1.29 is 9.53 Å². The van der Waals surface area contributed by atoms with Crippen LogP contribution in [0.3, 0.4) is 0 Å². The molecule has 174 valence electrons. The first kappa shape index (κ1) is 22.5. The largest absolute Gasteiger partial charge is 0.444 e. The van der Waals surface area contributed by atoms with Crippen molar-refractivity contribution >= 4 is 23.4 Å².